The molecule has 0 saturated heterocycles. The summed E-state index contributed by atoms with van der Waals surface area (Å²) in [6.45, 7) is 3.71. The fourth-order valence-corrected chi connectivity index (χ4v) is 2.73. The zero-order valence-corrected chi connectivity index (χ0v) is 12.4. The molecule has 2 nitrogen and oxygen atoms in total. The lowest BCUT2D eigenvalue weighted by Gasteiger charge is -2.20. The molecule has 3 heteroatoms. The highest BCUT2D eigenvalue weighted by atomic mass is 32.1. The van der Waals surface area contributed by atoms with Crippen LogP contribution in [0, 0.1) is 6.92 Å². The average Bonchev–Trinajstić information content (AvgIpc) is 2.90. The van der Waals surface area contributed by atoms with Crippen molar-refractivity contribution in [3.05, 3.63) is 57.8 Å². The summed E-state index contributed by atoms with van der Waals surface area (Å²) < 4.78 is 0. The lowest BCUT2D eigenvalue weighted by atomic mass is 10.1. The number of benzene rings is 1. The third-order valence-electron chi connectivity index (χ3n) is 3.27. The van der Waals surface area contributed by atoms with Crippen LogP contribution in [0.25, 0.3) is 0 Å². The summed E-state index contributed by atoms with van der Waals surface area (Å²) in [4.78, 5) is 3.58. The highest BCUT2D eigenvalue weighted by Crippen LogP contribution is 2.15. The minimum Gasteiger partial charge on any atom is -0.387 e. The van der Waals surface area contributed by atoms with Crippen LogP contribution in [-0.2, 0) is 6.42 Å². The van der Waals surface area contributed by atoms with Crippen LogP contribution < -0.4 is 0 Å². The fourth-order valence-electron chi connectivity index (χ4n) is 2.04. The first-order valence-corrected chi connectivity index (χ1v) is 7.48. The number of aryl methyl sites for hydroxylation is 1. The van der Waals surface area contributed by atoms with Crippen LogP contribution in [0.15, 0.2) is 41.8 Å². The van der Waals surface area contributed by atoms with E-state index in [4.69, 9.17) is 0 Å². The standard InChI is InChI=1S/C16H21NOS/c1-13-5-7-14(8-6-13)16(18)12-17(2)10-9-15-4-3-11-19-15/h3-8,11,16,18H,9-10,12H2,1-2H3. The van der Waals surface area contributed by atoms with Gasteiger partial charge in [-0.1, -0.05) is 35.9 Å². The first-order chi connectivity index (χ1) is 9.15. The SMILES string of the molecule is Cc1ccc(C(O)CN(C)CCc2cccs2)cc1. The van der Waals surface area contributed by atoms with Gasteiger partial charge in [0.25, 0.3) is 0 Å². The van der Waals surface area contributed by atoms with Crippen molar-refractivity contribution in [3.8, 4) is 0 Å². The van der Waals surface area contributed by atoms with E-state index in [0.29, 0.717) is 6.54 Å². The van der Waals surface area contributed by atoms with E-state index in [1.54, 1.807) is 11.3 Å². The molecular weight excluding hydrogens is 254 g/mol. The highest BCUT2D eigenvalue weighted by molar-refractivity contribution is 7.09. The van der Waals surface area contributed by atoms with Gasteiger partial charge in [0, 0.05) is 18.0 Å². The van der Waals surface area contributed by atoms with Gasteiger partial charge in [-0.05, 0) is 37.4 Å². The van der Waals surface area contributed by atoms with Gasteiger partial charge >= 0.3 is 0 Å². The Bertz CT molecular complexity index is 478. The van der Waals surface area contributed by atoms with E-state index >= 15 is 0 Å². The third kappa shape index (κ3) is 4.46. The largest absolute Gasteiger partial charge is 0.387 e. The smallest absolute Gasteiger partial charge is 0.0916 e. The zero-order valence-electron chi connectivity index (χ0n) is 11.5. The first kappa shape index (κ1) is 14.3. The predicted molar refractivity (Wildman–Crippen MR) is 81.7 cm³/mol. The summed E-state index contributed by atoms with van der Waals surface area (Å²) in [6.07, 6.45) is 0.642. The highest BCUT2D eigenvalue weighted by Gasteiger charge is 2.10. The molecule has 2 aromatic rings. The van der Waals surface area contributed by atoms with E-state index in [-0.39, 0.29) is 0 Å². The summed E-state index contributed by atoms with van der Waals surface area (Å²) in [5, 5.41) is 12.3. The van der Waals surface area contributed by atoms with E-state index in [9.17, 15) is 5.11 Å². The van der Waals surface area contributed by atoms with E-state index in [1.807, 2.05) is 24.3 Å². The Kier molecular flexibility index (Phi) is 5.14. The van der Waals surface area contributed by atoms with Crippen LogP contribution in [0.5, 0.6) is 0 Å². The molecule has 0 aliphatic rings. The minimum atomic E-state index is -0.408. The summed E-state index contributed by atoms with van der Waals surface area (Å²) in [6, 6.07) is 12.4. The number of aliphatic hydroxyl groups is 1. The molecule has 0 fully saturated rings. The molecule has 1 unspecified atom stereocenters. The minimum absolute atomic E-state index is 0.408. The van der Waals surface area contributed by atoms with Crippen LogP contribution in [-0.4, -0.2) is 30.1 Å². The molecule has 0 spiro atoms. The summed E-state index contributed by atoms with van der Waals surface area (Å²) in [7, 11) is 2.06. The number of nitrogens with zero attached hydrogens (tertiary/aromatic N) is 1. The van der Waals surface area contributed by atoms with E-state index in [2.05, 4.69) is 36.4 Å². The van der Waals surface area contributed by atoms with Crippen molar-refractivity contribution in [1.29, 1.82) is 0 Å². The van der Waals surface area contributed by atoms with Gasteiger partial charge in [-0.2, -0.15) is 0 Å². The lowest BCUT2D eigenvalue weighted by Crippen LogP contribution is -2.26. The van der Waals surface area contributed by atoms with Gasteiger partial charge in [0.05, 0.1) is 6.10 Å². The van der Waals surface area contributed by atoms with E-state index in [1.165, 1.54) is 10.4 Å². The molecule has 102 valence electrons. The lowest BCUT2D eigenvalue weighted by molar-refractivity contribution is 0.127. The van der Waals surface area contributed by atoms with Gasteiger partial charge in [0.1, 0.15) is 0 Å². The molecule has 0 saturated carbocycles. The van der Waals surface area contributed by atoms with E-state index in [0.717, 1.165) is 18.5 Å². The van der Waals surface area contributed by atoms with Crippen LogP contribution in [0.1, 0.15) is 22.1 Å². The second kappa shape index (κ2) is 6.85. The Labute approximate surface area is 119 Å². The molecule has 1 atom stereocenters. The van der Waals surface area contributed by atoms with Gasteiger partial charge in [0.2, 0.25) is 0 Å². The van der Waals surface area contributed by atoms with Crippen molar-refractivity contribution in [2.45, 2.75) is 19.4 Å². The Hall–Kier alpha value is -1.16. The molecular formula is C16H21NOS. The Morgan fingerprint density at radius 1 is 1.21 bits per heavy atom. The number of likely N-dealkylation sites (N-methyl/N-ethyl adjacent to an activating group) is 1. The summed E-state index contributed by atoms with van der Waals surface area (Å²) in [5.74, 6) is 0. The molecule has 0 aliphatic heterocycles. The molecule has 0 bridgehead atoms. The molecule has 1 heterocycles. The fraction of sp³-hybridized carbons (Fsp3) is 0.375. The van der Waals surface area contributed by atoms with Crippen molar-refractivity contribution in [2.24, 2.45) is 0 Å². The first-order valence-electron chi connectivity index (χ1n) is 6.60. The molecule has 2 rings (SSSR count). The number of aliphatic hydroxyl groups excluding tert-OH is 1. The normalized spacial score (nSPS) is 12.8. The number of rotatable bonds is 6. The van der Waals surface area contributed by atoms with Gasteiger partial charge < -0.3 is 10.0 Å². The quantitative estimate of drug-likeness (QED) is 0.874. The molecule has 1 aromatic carbocycles. The Morgan fingerprint density at radius 3 is 2.58 bits per heavy atom. The van der Waals surface area contributed by atoms with Crippen molar-refractivity contribution in [2.75, 3.05) is 20.1 Å². The molecule has 0 aliphatic carbocycles. The van der Waals surface area contributed by atoms with Crippen molar-refractivity contribution in [3.63, 3.8) is 0 Å². The third-order valence-corrected chi connectivity index (χ3v) is 4.20. The average molecular weight is 275 g/mol. The van der Waals surface area contributed by atoms with Crippen molar-refractivity contribution in [1.82, 2.24) is 4.90 Å². The monoisotopic (exact) mass is 275 g/mol. The van der Waals surface area contributed by atoms with Crippen LogP contribution >= 0.6 is 11.3 Å². The maximum atomic E-state index is 10.2. The molecule has 0 radical (unpaired) electrons. The molecule has 1 aromatic heterocycles. The Morgan fingerprint density at radius 2 is 1.95 bits per heavy atom. The maximum Gasteiger partial charge on any atom is 0.0916 e. The second-order valence-electron chi connectivity index (χ2n) is 5.02. The predicted octanol–water partition coefficient (Wildman–Crippen LogP) is 3.26. The maximum absolute atomic E-state index is 10.2. The molecule has 1 N–H and O–H groups in total. The summed E-state index contributed by atoms with van der Waals surface area (Å²) >= 11 is 1.79. The zero-order chi connectivity index (χ0) is 13.7. The van der Waals surface area contributed by atoms with E-state index < -0.39 is 6.10 Å². The van der Waals surface area contributed by atoms with Crippen LogP contribution in [0.2, 0.25) is 0 Å². The van der Waals surface area contributed by atoms with Crippen molar-refractivity contribution < 1.29 is 5.11 Å². The number of thiophene rings is 1. The molecule has 0 amide bonds. The number of hydrogen-bond acceptors (Lipinski definition) is 3. The van der Waals surface area contributed by atoms with Gasteiger partial charge in [-0.25, -0.2) is 0 Å². The summed E-state index contributed by atoms with van der Waals surface area (Å²) in [5.41, 5.74) is 2.22. The van der Waals surface area contributed by atoms with Crippen LogP contribution in [0.4, 0.5) is 0 Å². The van der Waals surface area contributed by atoms with Gasteiger partial charge in [-0.3, -0.25) is 0 Å². The van der Waals surface area contributed by atoms with Crippen molar-refractivity contribution >= 4 is 11.3 Å². The second-order valence-corrected chi connectivity index (χ2v) is 6.05. The van der Waals surface area contributed by atoms with Crippen LogP contribution in [0.3, 0.4) is 0 Å². The topological polar surface area (TPSA) is 23.5 Å². The number of hydrogen-bond donors (Lipinski definition) is 1. The molecule has 19 heavy (non-hydrogen) atoms. The Balaban J connectivity index is 1.81. The van der Waals surface area contributed by atoms with Gasteiger partial charge in [-0.15, -0.1) is 11.3 Å². The van der Waals surface area contributed by atoms with Gasteiger partial charge in [0.15, 0.2) is 0 Å².